The van der Waals surface area contributed by atoms with Crippen molar-refractivity contribution in [2.45, 2.75) is 6.61 Å². The summed E-state index contributed by atoms with van der Waals surface area (Å²) in [6, 6.07) is 2.44. The van der Waals surface area contributed by atoms with Crippen LogP contribution < -0.4 is 4.74 Å². The maximum absolute atomic E-state index is 13.0. The van der Waals surface area contributed by atoms with Crippen LogP contribution in [0.2, 0.25) is 5.02 Å². The van der Waals surface area contributed by atoms with Crippen LogP contribution in [0.25, 0.3) is 0 Å². The smallest absolute Gasteiger partial charge is 0.188 e. The Labute approximate surface area is 86.0 Å². The van der Waals surface area contributed by atoms with Crippen molar-refractivity contribution in [3.05, 3.63) is 28.5 Å². The highest BCUT2D eigenvalue weighted by atomic mass is 35.5. The van der Waals surface area contributed by atoms with E-state index in [0.29, 0.717) is 5.56 Å². The van der Waals surface area contributed by atoms with Gasteiger partial charge in [0.15, 0.2) is 6.79 Å². The van der Waals surface area contributed by atoms with Crippen LogP contribution in [-0.4, -0.2) is 19.0 Å². The number of rotatable bonds is 4. The van der Waals surface area contributed by atoms with Gasteiger partial charge in [-0.15, -0.1) is 0 Å². The van der Waals surface area contributed by atoms with Crippen LogP contribution in [0.3, 0.4) is 0 Å². The lowest BCUT2D eigenvalue weighted by Crippen LogP contribution is -2.02. The van der Waals surface area contributed by atoms with Gasteiger partial charge in [0.25, 0.3) is 0 Å². The van der Waals surface area contributed by atoms with Gasteiger partial charge in [0.2, 0.25) is 0 Å². The molecule has 0 aromatic heterocycles. The molecule has 0 heterocycles. The Kier molecular flexibility index (Phi) is 4.13. The normalized spacial score (nSPS) is 10.3. The summed E-state index contributed by atoms with van der Waals surface area (Å²) >= 11 is 5.53. The number of hydrogen-bond donors (Lipinski definition) is 1. The fourth-order valence-corrected chi connectivity index (χ4v) is 1.14. The van der Waals surface area contributed by atoms with Crippen molar-refractivity contribution < 1.29 is 19.0 Å². The molecule has 1 rings (SSSR count). The Morgan fingerprint density at radius 1 is 1.50 bits per heavy atom. The summed E-state index contributed by atoms with van der Waals surface area (Å²) in [7, 11) is 1.45. The second kappa shape index (κ2) is 5.14. The first-order chi connectivity index (χ1) is 6.69. The van der Waals surface area contributed by atoms with E-state index >= 15 is 0 Å². The van der Waals surface area contributed by atoms with Gasteiger partial charge in [0, 0.05) is 18.7 Å². The molecule has 0 aliphatic carbocycles. The molecule has 3 nitrogen and oxygen atoms in total. The maximum atomic E-state index is 13.0. The summed E-state index contributed by atoms with van der Waals surface area (Å²) in [6.45, 7) is -0.271. The minimum absolute atomic E-state index is 0.00588. The van der Waals surface area contributed by atoms with Crippen molar-refractivity contribution in [3.8, 4) is 5.75 Å². The summed E-state index contributed by atoms with van der Waals surface area (Å²) in [5, 5.41) is 8.89. The summed E-state index contributed by atoms with van der Waals surface area (Å²) < 4.78 is 22.7. The Hall–Kier alpha value is -0.840. The Morgan fingerprint density at radius 2 is 2.21 bits per heavy atom. The molecular formula is C9H10ClFO3. The molecule has 1 aromatic carbocycles. The van der Waals surface area contributed by atoms with Crippen LogP contribution in [0.5, 0.6) is 5.75 Å². The van der Waals surface area contributed by atoms with Crippen molar-refractivity contribution in [3.63, 3.8) is 0 Å². The molecule has 0 saturated heterocycles. The van der Waals surface area contributed by atoms with Crippen molar-refractivity contribution >= 4 is 11.6 Å². The van der Waals surface area contributed by atoms with E-state index in [4.69, 9.17) is 21.4 Å². The van der Waals surface area contributed by atoms with E-state index in [0.717, 1.165) is 6.07 Å². The van der Waals surface area contributed by atoms with E-state index in [2.05, 4.69) is 4.74 Å². The fourth-order valence-electron chi connectivity index (χ4n) is 0.950. The molecular weight excluding hydrogens is 211 g/mol. The lowest BCUT2D eigenvalue weighted by Gasteiger charge is -2.09. The van der Waals surface area contributed by atoms with Crippen LogP contribution in [0.15, 0.2) is 12.1 Å². The van der Waals surface area contributed by atoms with Crippen molar-refractivity contribution in [2.75, 3.05) is 13.9 Å². The molecule has 0 radical (unpaired) electrons. The summed E-state index contributed by atoms with van der Waals surface area (Å²) in [4.78, 5) is 0. The minimum atomic E-state index is -0.588. The Bertz CT molecular complexity index is 317. The minimum Gasteiger partial charge on any atom is -0.467 e. The molecule has 1 N–H and O–H groups in total. The molecule has 0 fully saturated rings. The molecule has 0 atom stereocenters. The molecule has 5 heteroatoms. The molecule has 14 heavy (non-hydrogen) atoms. The van der Waals surface area contributed by atoms with Gasteiger partial charge in [0.05, 0.1) is 11.6 Å². The zero-order valence-electron chi connectivity index (χ0n) is 7.59. The summed E-state index contributed by atoms with van der Waals surface area (Å²) in [5.41, 5.74) is 0.424. The average Bonchev–Trinajstić information content (AvgIpc) is 2.19. The molecule has 0 saturated carbocycles. The van der Waals surface area contributed by atoms with E-state index in [1.54, 1.807) is 0 Å². The highest BCUT2D eigenvalue weighted by Crippen LogP contribution is 2.26. The van der Waals surface area contributed by atoms with Crippen molar-refractivity contribution in [1.82, 2.24) is 0 Å². The number of benzene rings is 1. The maximum Gasteiger partial charge on any atom is 0.188 e. The van der Waals surface area contributed by atoms with Crippen LogP contribution in [0, 0.1) is 5.82 Å². The van der Waals surface area contributed by atoms with E-state index in [1.807, 2.05) is 0 Å². The predicted molar refractivity (Wildman–Crippen MR) is 49.8 cm³/mol. The van der Waals surface area contributed by atoms with Gasteiger partial charge in [-0.05, 0) is 6.07 Å². The third-order valence-corrected chi connectivity index (χ3v) is 1.90. The van der Waals surface area contributed by atoms with Gasteiger partial charge in [-0.1, -0.05) is 11.6 Å². The van der Waals surface area contributed by atoms with Crippen LogP contribution in [0.1, 0.15) is 5.56 Å². The molecule has 1 aromatic rings. The molecule has 0 spiro atoms. The van der Waals surface area contributed by atoms with Gasteiger partial charge in [-0.25, -0.2) is 4.39 Å². The van der Waals surface area contributed by atoms with Gasteiger partial charge in [-0.2, -0.15) is 0 Å². The van der Waals surface area contributed by atoms with Gasteiger partial charge < -0.3 is 14.6 Å². The van der Waals surface area contributed by atoms with Crippen LogP contribution in [0.4, 0.5) is 4.39 Å². The summed E-state index contributed by atoms with van der Waals surface area (Å²) in [6.07, 6.45) is 0. The molecule has 0 amide bonds. The van der Waals surface area contributed by atoms with E-state index < -0.39 is 5.82 Å². The first-order valence-electron chi connectivity index (χ1n) is 3.89. The molecule has 0 unspecified atom stereocenters. The molecule has 0 aliphatic heterocycles. The topological polar surface area (TPSA) is 38.7 Å². The van der Waals surface area contributed by atoms with Crippen LogP contribution in [-0.2, 0) is 11.3 Å². The third-order valence-electron chi connectivity index (χ3n) is 1.61. The van der Waals surface area contributed by atoms with Crippen LogP contribution >= 0.6 is 11.6 Å². The van der Waals surface area contributed by atoms with E-state index in [9.17, 15) is 4.39 Å². The highest BCUT2D eigenvalue weighted by Gasteiger charge is 2.08. The van der Waals surface area contributed by atoms with Gasteiger partial charge in [0.1, 0.15) is 11.6 Å². The van der Waals surface area contributed by atoms with Crippen molar-refractivity contribution in [1.29, 1.82) is 0 Å². The first kappa shape index (κ1) is 11.2. The molecule has 0 aliphatic rings. The lowest BCUT2D eigenvalue weighted by atomic mass is 10.2. The zero-order valence-corrected chi connectivity index (χ0v) is 8.34. The monoisotopic (exact) mass is 220 g/mol. The van der Waals surface area contributed by atoms with E-state index in [-0.39, 0.29) is 24.2 Å². The Morgan fingerprint density at radius 3 is 2.79 bits per heavy atom. The molecule has 78 valence electrons. The molecule has 0 bridgehead atoms. The standard InChI is InChI=1S/C9H10ClFO3/c1-13-5-14-9-3-8(11)7(10)2-6(9)4-12/h2-3,12H,4-5H2,1H3. The fraction of sp³-hybridized carbons (Fsp3) is 0.333. The predicted octanol–water partition coefficient (Wildman–Crippen LogP) is 1.95. The van der Waals surface area contributed by atoms with Gasteiger partial charge >= 0.3 is 0 Å². The van der Waals surface area contributed by atoms with Crippen molar-refractivity contribution in [2.24, 2.45) is 0 Å². The number of halogens is 2. The highest BCUT2D eigenvalue weighted by molar-refractivity contribution is 6.30. The zero-order chi connectivity index (χ0) is 10.6. The second-order valence-electron chi connectivity index (χ2n) is 2.58. The largest absolute Gasteiger partial charge is 0.467 e. The summed E-state index contributed by atoms with van der Waals surface area (Å²) in [5.74, 6) is -0.355. The average molecular weight is 221 g/mol. The number of ether oxygens (including phenoxy) is 2. The lowest BCUT2D eigenvalue weighted by molar-refractivity contribution is 0.0493. The van der Waals surface area contributed by atoms with Gasteiger partial charge in [-0.3, -0.25) is 0 Å². The quantitative estimate of drug-likeness (QED) is 0.789. The number of methoxy groups -OCH3 is 1. The SMILES string of the molecule is COCOc1cc(F)c(Cl)cc1CO. The number of aliphatic hydroxyl groups excluding tert-OH is 1. The number of hydrogen-bond acceptors (Lipinski definition) is 3. The van der Waals surface area contributed by atoms with E-state index in [1.165, 1.54) is 13.2 Å². The third kappa shape index (κ3) is 2.57. The first-order valence-corrected chi connectivity index (χ1v) is 4.27. The number of aliphatic hydroxyl groups is 1. The Balaban J connectivity index is 2.95. The second-order valence-corrected chi connectivity index (χ2v) is 2.99.